The van der Waals surface area contributed by atoms with Gasteiger partial charge in [0.05, 0.1) is 25.1 Å². The Bertz CT molecular complexity index is 1260. The molecular weight excluding hydrogens is 459 g/mol. The van der Waals surface area contributed by atoms with Gasteiger partial charge < -0.3 is 9.64 Å². The maximum absolute atomic E-state index is 13.3. The van der Waals surface area contributed by atoms with Gasteiger partial charge in [-0.3, -0.25) is 0 Å². The average Bonchev–Trinajstić information content (AvgIpc) is 3.34. The minimum Gasteiger partial charge on any atom is -0.377 e. The first-order chi connectivity index (χ1) is 16.7. The fraction of sp³-hybridized carbons (Fsp3) is 0.625. The van der Waals surface area contributed by atoms with Crippen LogP contribution in [-0.4, -0.2) is 56.0 Å². The smallest absolute Gasteiger partial charge is 0.377 e. The number of halogens is 3. The van der Waals surface area contributed by atoms with Crippen LogP contribution in [0.4, 0.5) is 19.0 Å². The van der Waals surface area contributed by atoms with Gasteiger partial charge in [0.15, 0.2) is 5.65 Å². The summed E-state index contributed by atoms with van der Waals surface area (Å²) in [6, 6.07) is 1.36. The zero-order valence-corrected chi connectivity index (χ0v) is 19.8. The van der Waals surface area contributed by atoms with E-state index in [4.69, 9.17) is 9.72 Å². The number of alkyl halides is 3. The molecule has 35 heavy (non-hydrogen) atoms. The van der Waals surface area contributed by atoms with E-state index < -0.39 is 11.9 Å². The average molecular weight is 488 g/mol. The molecule has 1 atom stereocenters. The van der Waals surface area contributed by atoms with E-state index in [0.29, 0.717) is 18.9 Å². The van der Waals surface area contributed by atoms with E-state index in [-0.39, 0.29) is 23.2 Å². The molecule has 1 unspecified atom stereocenters. The molecule has 3 fully saturated rings. The number of rotatable bonds is 3. The maximum Gasteiger partial charge on any atom is 0.433 e. The molecule has 186 valence electrons. The number of hydrogen-bond donors (Lipinski definition) is 0. The molecule has 0 radical (unpaired) electrons. The molecule has 1 spiro atoms. The zero-order chi connectivity index (χ0) is 24.4. The van der Waals surface area contributed by atoms with Gasteiger partial charge in [-0.15, -0.1) is 0 Å². The highest BCUT2D eigenvalue weighted by molar-refractivity contribution is 5.75. The van der Waals surface area contributed by atoms with E-state index in [9.17, 15) is 13.2 Å². The highest BCUT2D eigenvalue weighted by atomic mass is 19.4. The first-order valence-electron chi connectivity index (χ1n) is 12.2. The normalized spacial score (nSPS) is 22.8. The van der Waals surface area contributed by atoms with Crippen LogP contribution in [0, 0.1) is 19.3 Å². The lowest BCUT2D eigenvalue weighted by Gasteiger charge is -2.40. The van der Waals surface area contributed by atoms with Crippen molar-refractivity contribution in [3.63, 3.8) is 0 Å². The molecule has 1 saturated carbocycles. The lowest BCUT2D eigenvalue weighted by Crippen LogP contribution is -2.39. The molecule has 3 aliphatic rings. The van der Waals surface area contributed by atoms with E-state index in [2.05, 4.69) is 25.0 Å². The van der Waals surface area contributed by atoms with Gasteiger partial charge >= 0.3 is 6.18 Å². The highest BCUT2D eigenvalue weighted by Gasteiger charge is 2.43. The molecule has 6 rings (SSSR count). The van der Waals surface area contributed by atoms with Crippen molar-refractivity contribution in [2.24, 2.45) is 5.41 Å². The third-order valence-electron chi connectivity index (χ3n) is 7.94. The predicted octanol–water partition coefficient (Wildman–Crippen LogP) is 4.38. The van der Waals surface area contributed by atoms with Crippen LogP contribution in [0.1, 0.15) is 67.0 Å². The third-order valence-corrected chi connectivity index (χ3v) is 7.94. The zero-order valence-electron chi connectivity index (χ0n) is 19.8. The Kier molecular flexibility index (Phi) is 5.24. The number of ether oxygens (including phenoxy) is 1. The van der Waals surface area contributed by atoms with Gasteiger partial charge in [-0.25, -0.2) is 24.6 Å². The monoisotopic (exact) mass is 487 g/mol. The van der Waals surface area contributed by atoms with Crippen LogP contribution in [0.15, 0.2) is 12.3 Å². The van der Waals surface area contributed by atoms with Crippen LogP contribution >= 0.6 is 0 Å². The molecule has 0 N–H and O–H groups in total. The SMILES string of the molecule is Cc1nc(C2CCC3(CCN(c4cnc5c(C)nn(C6COC6)c5n4)CC3)C2)cc(C(F)(F)F)n1. The predicted molar refractivity (Wildman–Crippen MR) is 122 cm³/mol. The summed E-state index contributed by atoms with van der Waals surface area (Å²) in [6.45, 7) is 6.47. The van der Waals surface area contributed by atoms with Crippen LogP contribution in [-0.2, 0) is 10.9 Å². The Balaban J connectivity index is 1.17. The first-order valence-corrected chi connectivity index (χ1v) is 12.2. The Morgan fingerprint density at radius 3 is 2.51 bits per heavy atom. The van der Waals surface area contributed by atoms with E-state index in [0.717, 1.165) is 73.9 Å². The van der Waals surface area contributed by atoms with Crippen LogP contribution in [0.3, 0.4) is 0 Å². The van der Waals surface area contributed by atoms with Crippen molar-refractivity contribution in [3.05, 3.63) is 35.2 Å². The molecule has 2 aliphatic heterocycles. The molecule has 5 heterocycles. The standard InChI is InChI=1S/C24H28F3N7O/c1-14-21-22(34(32-14)17-12-35-13-17)31-20(11-28-21)33-7-5-23(6-8-33)4-3-16(10-23)18-9-19(24(25,26)27)30-15(2)29-18/h9,11,16-17H,3-8,10,12-13H2,1-2H3. The van der Waals surface area contributed by atoms with Crippen LogP contribution < -0.4 is 4.90 Å². The van der Waals surface area contributed by atoms with E-state index >= 15 is 0 Å². The van der Waals surface area contributed by atoms with Gasteiger partial charge in [-0.1, -0.05) is 0 Å². The first kappa shape index (κ1) is 22.6. The van der Waals surface area contributed by atoms with Crippen molar-refractivity contribution in [2.45, 2.75) is 64.1 Å². The van der Waals surface area contributed by atoms with Gasteiger partial charge in [0.2, 0.25) is 0 Å². The summed E-state index contributed by atoms with van der Waals surface area (Å²) >= 11 is 0. The van der Waals surface area contributed by atoms with Gasteiger partial charge in [-0.05, 0) is 57.4 Å². The molecule has 0 aromatic carbocycles. The summed E-state index contributed by atoms with van der Waals surface area (Å²) in [6.07, 6.45) is 2.08. The van der Waals surface area contributed by atoms with Crippen LogP contribution in [0.25, 0.3) is 11.2 Å². The van der Waals surface area contributed by atoms with Crippen LogP contribution in [0.2, 0.25) is 0 Å². The molecule has 1 aliphatic carbocycles. The van der Waals surface area contributed by atoms with Crippen molar-refractivity contribution in [1.29, 1.82) is 0 Å². The number of piperidine rings is 1. The largest absolute Gasteiger partial charge is 0.433 e. The van der Waals surface area contributed by atoms with Crippen molar-refractivity contribution in [2.75, 3.05) is 31.2 Å². The summed E-state index contributed by atoms with van der Waals surface area (Å²) in [4.78, 5) is 19.8. The maximum atomic E-state index is 13.3. The Labute approximate surface area is 200 Å². The van der Waals surface area contributed by atoms with E-state index in [1.54, 1.807) is 0 Å². The second kappa shape index (κ2) is 8.11. The van der Waals surface area contributed by atoms with Crippen molar-refractivity contribution >= 4 is 17.0 Å². The lowest BCUT2D eigenvalue weighted by atomic mass is 9.76. The Hall–Kier alpha value is -2.82. The second-order valence-corrected chi connectivity index (χ2v) is 10.3. The topological polar surface area (TPSA) is 81.9 Å². The molecular formula is C24H28F3N7O. The number of hydrogen-bond acceptors (Lipinski definition) is 7. The third kappa shape index (κ3) is 4.03. The van der Waals surface area contributed by atoms with Crippen molar-refractivity contribution < 1.29 is 17.9 Å². The summed E-state index contributed by atoms with van der Waals surface area (Å²) < 4.78 is 47.1. The van der Waals surface area contributed by atoms with E-state index in [1.165, 1.54) is 6.92 Å². The molecule has 8 nitrogen and oxygen atoms in total. The number of aryl methyl sites for hydroxylation is 2. The molecule has 3 aromatic rings. The fourth-order valence-electron chi connectivity index (χ4n) is 5.88. The summed E-state index contributed by atoms with van der Waals surface area (Å²) in [5.74, 6) is 1.08. The van der Waals surface area contributed by atoms with Gasteiger partial charge in [0.1, 0.15) is 28.9 Å². The Morgan fingerprint density at radius 2 is 1.83 bits per heavy atom. The summed E-state index contributed by atoms with van der Waals surface area (Å²) in [7, 11) is 0. The number of anilines is 1. The molecule has 0 amide bonds. The van der Waals surface area contributed by atoms with Crippen molar-refractivity contribution in [1.82, 2.24) is 29.7 Å². The van der Waals surface area contributed by atoms with E-state index in [1.807, 2.05) is 17.8 Å². The lowest BCUT2D eigenvalue weighted by molar-refractivity contribution is -0.141. The van der Waals surface area contributed by atoms with Gasteiger partial charge in [0.25, 0.3) is 0 Å². The number of nitrogens with zero attached hydrogens (tertiary/aromatic N) is 7. The second-order valence-electron chi connectivity index (χ2n) is 10.3. The van der Waals surface area contributed by atoms with Crippen LogP contribution in [0.5, 0.6) is 0 Å². The minimum atomic E-state index is -4.45. The fourth-order valence-corrected chi connectivity index (χ4v) is 5.88. The number of aromatic nitrogens is 6. The molecule has 11 heteroatoms. The number of fused-ring (bicyclic) bond motifs is 1. The Morgan fingerprint density at radius 1 is 1.06 bits per heavy atom. The molecule has 3 aromatic heterocycles. The molecule has 0 bridgehead atoms. The summed E-state index contributed by atoms with van der Waals surface area (Å²) in [5.41, 5.74) is 2.32. The molecule has 2 saturated heterocycles. The summed E-state index contributed by atoms with van der Waals surface area (Å²) in [5, 5.41) is 4.63. The minimum absolute atomic E-state index is 0.0440. The van der Waals surface area contributed by atoms with Crippen molar-refractivity contribution in [3.8, 4) is 0 Å². The van der Waals surface area contributed by atoms with Gasteiger partial charge in [-0.2, -0.15) is 18.3 Å². The quantitative estimate of drug-likeness (QED) is 0.542. The highest BCUT2D eigenvalue weighted by Crippen LogP contribution is 2.52. The van der Waals surface area contributed by atoms with Gasteiger partial charge in [0, 0.05) is 24.7 Å².